The second kappa shape index (κ2) is 33.8. The first-order valence-electron chi connectivity index (χ1n) is 16.9. The molecule has 0 bridgehead atoms. The first-order chi connectivity index (χ1) is 23.6. The van der Waals surface area contributed by atoms with Gasteiger partial charge in [-0.3, -0.25) is 35.5 Å². The second-order valence-corrected chi connectivity index (χ2v) is 13.2. The summed E-state index contributed by atoms with van der Waals surface area (Å²) in [5, 5.41) is 43.6. The summed E-state index contributed by atoms with van der Waals surface area (Å²) in [6.07, 6.45) is 9.85. The number of non-ortho nitro benzene ring substituents is 2. The summed E-state index contributed by atoms with van der Waals surface area (Å²) >= 11 is 0. The van der Waals surface area contributed by atoms with Gasteiger partial charge in [-0.2, -0.15) is 0 Å². The summed E-state index contributed by atoms with van der Waals surface area (Å²) in [5.74, 6) is 1.75. The van der Waals surface area contributed by atoms with E-state index in [9.17, 15) is 25.0 Å². The number of Topliss-reactive ketones (excluding diaryl/α,β-unsaturated/α-hetero) is 1. The van der Waals surface area contributed by atoms with Gasteiger partial charge >= 0.3 is 29.6 Å². The van der Waals surface area contributed by atoms with E-state index in [2.05, 4.69) is 37.3 Å². The minimum atomic E-state index is -0.431. The Labute approximate surface area is 444 Å². The van der Waals surface area contributed by atoms with Crippen molar-refractivity contribution in [1.82, 2.24) is 15.1 Å². The molecule has 53 heavy (non-hydrogen) atoms. The number of fused-ring (bicyclic) bond motifs is 2. The molecule has 0 aromatic heterocycles. The molecule has 2 aliphatic heterocycles. The van der Waals surface area contributed by atoms with E-state index in [0.29, 0.717) is 25.3 Å². The number of carbonyl (C=O) groups is 1. The molecule has 6 N–H and O–H groups in total. The molecular weight excluding hydrogens is 1340 g/mol. The zero-order valence-electron chi connectivity index (χ0n) is 31.6. The largest absolute Gasteiger partial charge is 1.00 e. The smallest absolute Gasteiger partial charge is 0.715 e. The fraction of sp³-hybridized carbons (Fsp3) is 0.618. The van der Waals surface area contributed by atoms with E-state index in [0.717, 1.165) is 60.9 Å². The van der Waals surface area contributed by atoms with Crippen molar-refractivity contribution in [3.05, 3.63) is 78.9 Å². The number of benzene rings is 2. The number of nitro benzene ring substituents is 2. The van der Waals surface area contributed by atoms with E-state index in [4.69, 9.17) is 21.3 Å². The monoisotopic (exact) mass is 1390 g/mol. The Bertz CT molecular complexity index is 1340. The third kappa shape index (κ3) is 22.3. The molecule has 280 valence electrons. The average Bonchev–Trinajstić information content (AvgIpc) is 3.13. The Kier molecular flexibility index (Phi) is 37.8. The van der Waals surface area contributed by atoms with Crippen molar-refractivity contribution in [2.75, 3.05) is 53.4 Å². The van der Waals surface area contributed by atoms with Crippen molar-refractivity contribution in [2.45, 2.75) is 70.3 Å². The van der Waals surface area contributed by atoms with E-state index in [-0.39, 0.29) is 184 Å². The number of rotatable bonds is 6. The van der Waals surface area contributed by atoms with Gasteiger partial charge in [0.1, 0.15) is 5.78 Å². The fourth-order valence-electron chi connectivity index (χ4n) is 6.64. The number of nitrogens with two attached hydrogens (primary N) is 1. The molecular formula is C34H53Ac3BN6NaO8. The van der Waals surface area contributed by atoms with Gasteiger partial charge < -0.3 is 33.9 Å². The number of nitro groups is 2. The van der Waals surface area contributed by atoms with Crippen molar-refractivity contribution in [1.29, 1.82) is 0 Å². The number of nitrogens with one attached hydrogen (secondary N) is 1. The molecule has 14 nitrogen and oxygen atoms in total. The Hall–Kier alpha value is 2.02. The maximum absolute atomic E-state index is 11.1. The molecule has 2 aliphatic carbocycles. The minimum absolute atomic E-state index is 0. The van der Waals surface area contributed by atoms with Crippen molar-refractivity contribution in [3.63, 3.8) is 0 Å². The van der Waals surface area contributed by atoms with E-state index >= 15 is 0 Å². The van der Waals surface area contributed by atoms with Crippen LogP contribution in [0.15, 0.2) is 36.4 Å². The van der Waals surface area contributed by atoms with E-state index in [1.54, 1.807) is 18.2 Å². The first-order valence-corrected chi connectivity index (χ1v) is 16.9. The number of hydrogen-bond acceptors (Lipinski definition) is 12. The Morgan fingerprint density at radius 3 is 1.68 bits per heavy atom. The molecule has 2 heterocycles. The normalized spacial score (nSPS) is 18.0. The fourth-order valence-corrected chi connectivity index (χ4v) is 6.64. The Balaban J connectivity index is -0.000000701. The van der Waals surface area contributed by atoms with Gasteiger partial charge in [-0.1, -0.05) is 12.1 Å². The number of carbonyl (C=O) groups excluding carboxylic acids is 1. The van der Waals surface area contributed by atoms with Crippen LogP contribution in [0.25, 0.3) is 0 Å². The van der Waals surface area contributed by atoms with Gasteiger partial charge in [0.15, 0.2) is 0 Å². The minimum Gasteiger partial charge on any atom is -0.715 e. The number of aryl methyl sites for hydroxylation is 2. The van der Waals surface area contributed by atoms with Crippen molar-refractivity contribution in [3.8, 4) is 0 Å². The van der Waals surface area contributed by atoms with E-state index in [1.807, 2.05) is 6.07 Å². The molecule has 1 unspecified atom stereocenters. The maximum atomic E-state index is 11.1. The molecule has 0 spiro atoms. The van der Waals surface area contributed by atoms with Crippen LogP contribution in [0.1, 0.15) is 60.8 Å². The summed E-state index contributed by atoms with van der Waals surface area (Å²) < 4.78 is 0. The summed E-state index contributed by atoms with van der Waals surface area (Å²) in [6.45, 7) is 6.85. The molecule has 2 saturated heterocycles. The number of piperidine rings is 2. The zero-order chi connectivity index (χ0) is 36.3. The topological polar surface area (TPSA) is 209 Å². The molecule has 2 aromatic carbocycles. The maximum Gasteiger partial charge on any atom is 1.00 e. The first kappa shape index (κ1) is 59.3. The van der Waals surface area contributed by atoms with Crippen LogP contribution in [0, 0.1) is 164 Å². The molecule has 1 atom stereocenters. The number of nitrogens with zero attached hydrogens (tertiary/aromatic N) is 4. The quantitative estimate of drug-likeness (QED) is 0.115. The van der Waals surface area contributed by atoms with Gasteiger partial charge in [0, 0.05) is 175 Å². The molecule has 19 heteroatoms. The van der Waals surface area contributed by atoms with Crippen LogP contribution in [-0.2, 0) is 30.5 Å². The summed E-state index contributed by atoms with van der Waals surface area (Å²) in [6, 6.07) is 10.5. The van der Waals surface area contributed by atoms with Crippen LogP contribution in [0.4, 0.5) is 11.4 Å². The van der Waals surface area contributed by atoms with E-state index < -0.39 is 4.92 Å². The van der Waals surface area contributed by atoms with Crippen LogP contribution < -0.4 is 40.6 Å². The number of ketones is 1. The zero-order valence-corrected chi connectivity index (χ0v) is 47.8. The number of likely N-dealkylation sites (tertiary alicyclic amines) is 2. The average molecular weight is 1390 g/mol. The van der Waals surface area contributed by atoms with Gasteiger partial charge in [0.2, 0.25) is 0 Å². The molecule has 4 aliphatic rings. The van der Waals surface area contributed by atoms with Gasteiger partial charge in [-0.15, -0.1) is 0 Å². The molecule has 2 aromatic rings. The molecule has 2 fully saturated rings. The number of hydrogen-bond donors (Lipinski definition) is 5. The van der Waals surface area contributed by atoms with E-state index in [1.165, 1.54) is 69.6 Å². The predicted octanol–water partition coefficient (Wildman–Crippen LogP) is 0.407. The van der Waals surface area contributed by atoms with Crippen LogP contribution >= 0.6 is 0 Å². The summed E-state index contributed by atoms with van der Waals surface area (Å²) in [7, 11) is 7.86. The van der Waals surface area contributed by atoms with Gasteiger partial charge in [0.25, 0.3) is 11.4 Å². The molecule has 6 radical (unpaired) electrons. The van der Waals surface area contributed by atoms with Crippen molar-refractivity contribution >= 4 is 25.2 Å². The standard InChI is InChI=1S/C17H25N3O2.C10H9NO3.C7H16N2.3Ac.BHO.Na.H2O2/c1-19-8-6-13(7-9-19)12-18-16-4-2-14-3-5-17(20(21)22)11-15(14)10-16;12-10-4-2-7-1-3-9(11(13)14)5-8(7)6-10;1-9-4-2-7(6-8)3-5-9;;;;1-2;;1-2/h3,5,11,13,16,18H,2,4,6-10,12H2,1H3;1,3,5H,2,4,6H2;7H,2-6,8H2,1H3;;;;2H;;1-2H/q;;;;;;-1;+1;. The second-order valence-electron chi connectivity index (χ2n) is 13.2. The Morgan fingerprint density at radius 1 is 0.755 bits per heavy atom. The van der Waals surface area contributed by atoms with Crippen LogP contribution in [0.3, 0.4) is 0 Å². The third-order valence-corrected chi connectivity index (χ3v) is 9.80. The third-order valence-electron chi connectivity index (χ3n) is 9.80. The molecule has 0 amide bonds. The molecule has 0 saturated carbocycles. The van der Waals surface area contributed by atoms with Crippen LogP contribution in [0.2, 0.25) is 0 Å². The van der Waals surface area contributed by atoms with Crippen molar-refractivity contribution in [2.24, 2.45) is 17.6 Å². The van der Waals surface area contributed by atoms with Crippen LogP contribution in [0.5, 0.6) is 0 Å². The SMILES string of the molecule is CN1CCC(CN)CC1.CN1CCC(CNC2CCc3ccc([N+](=O)[O-])cc3C2)CC1.O=C1CCc2ccc([N+](=O)[O-])cc2C1.OO.[Ac].[Ac].[Ac].[B-]O.[Na+]. The Morgan fingerprint density at radius 2 is 1.21 bits per heavy atom. The summed E-state index contributed by atoms with van der Waals surface area (Å²) in [4.78, 5) is 36.6. The summed E-state index contributed by atoms with van der Waals surface area (Å²) in [5.41, 5.74) is 10.1. The predicted molar refractivity (Wildman–Crippen MR) is 190 cm³/mol. The molecule has 6 rings (SSSR count). The van der Waals surface area contributed by atoms with Gasteiger partial charge in [-0.05, 0) is 139 Å². The van der Waals surface area contributed by atoms with Crippen molar-refractivity contribution < 1.29 is 192 Å². The van der Waals surface area contributed by atoms with Gasteiger partial charge in [-0.25, -0.2) is 0 Å². The van der Waals surface area contributed by atoms with Gasteiger partial charge in [0.05, 0.1) is 9.85 Å². The van der Waals surface area contributed by atoms with Crippen LogP contribution in [-0.4, -0.2) is 108 Å².